The van der Waals surface area contributed by atoms with Gasteiger partial charge in [0.25, 0.3) is 0 Å². The Labute approximate surface area is 122 Å². The molecule has 0 spiro atoms. The lowest BCUT2D eigenvalue weighted by Crippen LogP contribution is -2.04. The van der Waals surface area contributed by atoms with E-state index in [2.05, 4.69) is 0 Å². The van der Waals surface area contributed by atoms with E-state index in [0.29, 0.717) is 16.9 Å². The average Bonchev–Trinajstić information content (AvgIpc) is 2.46. The maximum atomic E-state index is 13.7. The van der Waals surface area contributed by atoms with Crippen molar-refractivity contribution in [2.45, 2.75) is 23.6 Å². The normalized spacial score (nSPS) is 11.9. The zero-order chi connectivity index (χ0) is 14.5. The van der Waals surface area contributed by atoms with Crippen molar-refractivity contribution in [2.75, 3.05) is 0 Å². The summed E-state index contributed by atoms with van der Waals surface area (Å²) in [5.74, 6) is 0.212. The number of halogens is 1. The summed E-state index contributed by atoms with van der Waals surface area (Å²) in [7, 11) is 0. The largest absolute Gasteiger partial charge is 0.324 e. The minimum atomic E-state index is -0.278. The number of thioether (sulfide) groups is 1. The maximum Gasteiger partial charge on any atom is 0.127 e. The molecule has 0 amide bonds. The van der Waals surface area contributed by atoms with Gasteiger partial charge in [0, 0.05) is 16.7 Å². The van der Waals surface area contributed by atoms with Crippen molar-refractivity contribution < 1.29 is 4.39 Å². The summed E-state index contributed by atoms with van der Waals surface area (Å²) < 4.78 is 13.7. The summed E-state index contributed by atoms with van der Waals surface area (Å²) in [6.45, 7) is 1.93. The minimum absolute atomic E-state index is 0.0193. The molecule has 102 valence electrons. The maximum absolute atomic E-state index is 13.7. The molecule has 0 fully saturated rings. The molecular weight excluding hydrogens is 271 g/mol. The van der Waals surface area contributed by atoms with Crippen molar-refractivity contribution in [3.8, 4) is 6.07 Å². The van der Waals surface area contributed by atoms with E-state index in [4.69, 9.17) is 11.0 Å². The van der Waals surface area contributed by atoms with Crippen LogP contribution in [0.2, 0.25) is 0 Å². The Bertz CT molecular complexity index is 647. The second-order valence-corrected chi connectivity index (χ2v) is 5.62. The molecule has 4 heteroatoms. The van der Waals surface area contributed by atoms with Crippen molar-refractivity contribution in [3.05, 3.63) is 65.0 Å². The van der Waals surface area contributed by atoms with Crippen molar-refractivity contribution in [1.82, 2.24) is 0 Å². The first-order valence-corrected chi connectivity index (χ1v) is 7.25. The molecule has 0 saturated carbocycles. The fraction of sp³-hybridized carbons (Fsp3) is 0.188. The summed E-state index contributed by atoms with van der Waals surface area (Å²) >= 11 is 1.53. The highest BCUT2D eigenvalue weighted by molar-refractivity contribution is 7.98. The monoisotopic (exact) mass is 286 g/mol. The Hall–Kier alpha value is -1.83. The second kappa shape index (κ2) is 6.56. The summed E-state index contributed by atoms with van der Waals surface area (Å²) in [5, 5.41) is 8.84. The smallest absolute Gasteiger partial charge is 0.127 e. The second-order valence-electron chi connectivity index (χ2n) is 4.57. The Morgan fingerprint density at radius 2 is 2.10 bits per heavy atom. The number of benzene rings is 2. The van der Waals surface area contributed by atoms with Crippen molar-refractivity contribution in [3.63, 3.8) is 0 Å². The first-order chi connectivity index (χ1) is 9.60. The minimum Gasteiger partial charge on any atom is -0.324 e. The number of nitrogens with zero attached hydrogens (tertiary/aromatic N) is 1. The molecule has 1 unspecified atom stereocenters. The summed E-state index contributed by atoms with van der Waals surface area (Å²) in [6.07, 6.45) is 0. The number of hydrogen-bond acceptors (Lipinski definition) is 3. The van der Waals surface area contributed by atoms with E-state index < -0.39 is 0 Å². The van der Waals surface area contributed by atoms with Gasteiger partial charge in [0.15, 0.2) is 0 Å². The molecule has 0 bridgehead atoms. The van der Waals surface area contributed by atoms with E-state index in [0.717, 1.165) is 10.5 Å². The molecule has 0 aliphatic carbocycles. The van der Waals surface area contributed by atoms with E-state index in [1.165, 1.54) is 23.9 Å². The number of hydrogen-bond donors (Lipinski definition) is 1. The lowest BCUT2D eigenvalue weighted by atomic mass is 10.1. The van der Waals surface area contributed by atoms with Gasteiger partial charge in [-0.15, -0.1) is 11.8 Å². The highest BCUT2D eigenvalue weighted by Crippen LogP contribution is 2.26. The van der Waals surface area contributed by atoms with Crippen LogP contribution in [0.15, 0.2) is 47.4 Å². The third kappa shape index (κ3) is 3.60. The van der Waals surface area contributed by atoms with Gasteiger partial charge in [-0.05, 0) is 48.4 Å². The molecule has 2 aromatic carbocycles. The zero-order valence-electron chi connectivity index (χ0n) is 11.1. The fourth-order valence-corrected chi connectivity index (χ4v) is 2.74. The molecule has 2 rings (SSSR count). The van der Waals surface area contributed by atoms with Crippen LogP contribution in [0.1, 0.15) is 29.7 Å². The number of rotatable bonds is 4. The third-order valence-corrected chi connectivity index (χ3v) is 4.00. The van der Waals surface area contributed by atoms with Gasteiger partial charge in [-0.1, -0.05) is 12.1 Å². The van der Waals surface area contributed by atoms with Gasteiger partial charge in [-0.25, -0.2) is 4.39 Å². The predicted molar refractivity (Wildman–Crippen MR) is 79.7 cm³/mol. The Kier molecular flexibility index (Phi) is 4.78. The summed E-state index contributed by atoms with van der Waals surface area (Å²) in [5.41, 5.74) is 7.92. The van der Waals surface area contributed by atoms with E-state index in [-0.39, 0.29) is 11.9 Å². The molecule has 0 radical (unpaired) electrons. The predicted octanol–water partition coefficient (Wildman–Crippen LogP) is 4.01. The van der Waals surface area contributed by atoms with Gasteiger partial charge >= 0.3 is 0 Å². The van der Waals surface area contributed by atoms with Gasteiger partial charge in [0.2, 0.25) is 0 Å². The average molecular weight is 286 g/mol. The Morgan fingerprint density at radius 1 is 1.30 bits per heavy atom. The van der Waals surface area contributed by atoms with Crippen LogP contribution in [0.3, 0.4) is 0 Å². The van der Waals surface area contributed by atoms with Crippen LogP contribution in [0, 0.1) is 17.1 Å². The highest BCUT2D eigenvalue weighted by Gasteiger charge is 2.06. The van der Waals surface area contributed by atoms with E-state index in [9.17, 15) is 4.39 Å². The zero-order valence-corrected chi connectivity index (χ0v) is 12.0. The van der Waals surface area contributed by atoms with Crippen LogP contribution in [0.5, 0.6) is 0 Å². The molecule has 0 aliphatic rings. The van der Waals surface area contributed by atoms with Crippen LogP contribution in [-0.2, 0) is 5.75 Å². The molecule has 0 heterocycles. The van der Waals surface area contributed by atoms with Crippen LogP contribution < -0.4 is 5.73 Å². The van der Waals surface area contributed by atoms with Crippen molar-refractivity contribution in [1.29, 1.82) is 5.26 Å². The summed E-state index contributed by atoms with van der Waals surface area (Å²) in [4.78, 5) is 1.04. The standard InChI is InChI=1S/C16H15FN2S/c1-11(19)13-3-2-4-15(8-13)20-10-14-7-12(9-18)5-6-16(14)17/h2-8,11H,10,19H2,1H3. The van der Waals surface area contributed by atoms with Crippen LogP contribution in [0.25, 0.3) is 0 Å². The van der Waals surface area contributed by atoms with Crippen molar-refractivity contribution in [2.24, 2.45) is 5.73 Å². The molecular formula is C16H15FN2S. The molecule has 1 atom stereocenters. The summed E-state index contributed by atoms with van der Waals surface area (Å²) in [6, 6.07) is 14.3. The topological polar surface area (TPSA) is 49.8 Å². The van der Waals surface area contributed by atoms with Crippen LogP contribution >= 0.6 is 11.8 Å². The lowest BCUT2D eigenvalue weighted by molar-refractivity contribution is 0.617. The fourth-order valence-electron chi connectivity index (χ4n) is 1.80. The third-order valence-electron chi connectivity index (χ3n) is 2.95. The molecule has 2 N–H and O–H groups in total. The van der Waals surface area contributed by atoms with E-state index in [1.807, 2.05) is 37.3 Å². The van der Waals surface area contributed by atoms with Crippen LogP contribution in [-0.4, -0.2) is 0 Å². The molecule has 2 aromatic rings. The van der Waals surface area contributed by atoms with Gasteiger partial charge in [-0.2, -0.15) is 5.26 Å². The van der Waals surface area contributed by atoms with Crippen molar-refractivity contribution >= 4 is 11.8 Å². The van der Waals surface area contributed by atoms with Gasteiger partial charge in [0.05, 0.1) is 11.6 Å². The molecule has 0 saturated heterocycles. The Balaban J connectivity index is 2.13. The van der Waals surface area contributed by atoms with Gasteiger partial charge in [-0.3, -0.25) is 0 Å². The Morgan fingerprint density at radius 3 is 2.80 bits per heavy atom. The van der Waals surface area contributed by atoms with E-state index >= 15 is 0 Å². The first kappa shape index (κ1) is 14.6. The molecule has 20 heavy (non-hydrogen) atoms. The van der Waals surface area contributed by atoms with Gasteiger partial charge in [0.1, 0.15) is 5.82 Å². The molecule has 0 aromatic heterocycles. The SMILES string of the molecule is CC(N)c1cccc(SCc2cc(C#N)ccc2F)c1. The first-order valence-electron chi connectivity index (χ1n) is 6.27. The molecule has 0 aliphatic heterocycles. The quantitative estimate of drug-likeness (QED) is 0.864. The van der Waals surface area contributed by atoms with Crippen LogP contribution in [0.4, 0.5) is 4.39 Å². The lowest BCUT2D eigenvalue weighted by Gasteiger charge is -2.08. The van der Waals surface area contributed by atoms with E-state index in [1.54, 1.807) is 6.07 Å². The van der Waals surface area contributed by atoms with Gasteiger partial charge < -0.3 is 5.73 Å². The number of nitrogens with two attached hydrogens (primary N) is 1. The molecule has 2 nitrogen and oxygen atoms in total. The highest BCUT2D eigenvalue weighted by atomic mass is 32.2. The number of nitriles is 1.